The Morgan fingerprint density at radius 2 is 1.93 bits per heavy atom. The van der Waals surface area contributed by atoms with Crippen molar-refractivity contribution in [2.45, 2.75) is 13.0 Å². The maximum atomic E-state index is 11.9. The van der Waals surface area contributed by atoms with Crippen LogP contribution in [0.2, 0.25) is 0 Å². The highest BCUT2D eigenvalue weighted by Crippen LogP contribution is 2.26. The first-order chi connectivity index (χ1) is 7.03. The Balaban J connectivity index is 2.81. The smallest absolute Gasteiger partial charge is 0.463 e. The number of benzene rings is 1. The van der Waals surface area contributed by atoms with Crippen molar-refractivity contribution in [1.29, 1.82) is 0 Å². The Hall–Kier alpha value is -1.72. The van der Waals surface area contributed by atoms with Crippen LogP contribution < -0.4 is 4.74 Å². The van der Waals surface area contributed by atoms with E-state index in [1.807, 2.05) is 0 Å². The lowest BCUT2D eigenvalue weighted by Crippen LogP contribution is -2.18. The van der Waals surface area contributed by atoms with Crippen molar-refractivity contribution < 1.29 is 27.4 Å². The van der Waals surface area contributed by atoms with Gasteiger partial charge in [0.15, 0.2) is 0 Å². The standard InChI is InChI=1S/C9H7F3O3/c10-9(11,12)15-8-4-2-1-3-7(8)5-14-6-13/h1-4,6H,5H2. The molecule has 0 bridgehead atoms. The minimum absolute atomic E-state index is 0.155. The van der Waals surface area contributed by atoms with Crippen LogP contribution >= 0.6 is 0 Å². The molecule has 0 N–H and O–H groups in total. The summed E-state index contributed by atoms with van der Waals surface area (Å²) in [6, 6.07) is 5.44. The van der Waals surface area contributed by atoms with Gasteiger partial charge in [0.05, 0.1) is 0 Å². The van der Waals surface area contributed by atoms with E-state index in [0.29, 0.717) is 0 Å². The van der Waals surface area contributed by atoms with Crippen molar-refractivity contribution >= 4 is 6.47 Å². The molecule has 6 heteroatoms. The maximum Gasteiger partial charge on any atom is 0.573 e. The molecule has 0 spiro atoms. The second-order valence-corrected chi connectivity index (χ2v) is 2.56. The summed E-state index contributed by atoms with van der Waals surface area (Å²) in [5.74, 6) is -0.369. The Morgan fingerprint density at radius 1 is 1.27 bits per heavy atom. The van der Waals surface area contributed by atoms with Crippen molar-refractivity contribution in [2.24, 2.45) is 0 Å². The number of hydrogen-bond acceptors (Lipinski definition) is 3. The van der Waals surface area contributed by atoms with Crippen LogP contribution in [0.25, 0.3) is 0 Å². The summed E-state index contributed by atoms with van der Waals surface area (Å²) >= 11 is 0. The van der Waals surface area contributed by atoms with Gasteiger partial charge in [0.25, 0.3) is 6.47 Å². The molecule has 82 valence electrons. The maximum absolute atomic E-state index is 11.9. The third-order valence-corrected chi connectivity index (χ3v) is 1.51. The van der Waals surface area contributed by atoms with Crippen LogP contribution in [0.15, 0.2) is 24.3 Å². The van der Waals surface area contributed by atoms with Crippen molar-refractivity contribution in [3.8, 4) is 5.75 Å². The number of carbonyl (C=O) groups is 1. The van der Waals surface area contributed by atoms with E-state index in [0.717, 1.165) is 6.07 Å². The van der Waals surface area contributed by atoms with Crippen molar-refractivity contribution in [1.82, 2.24) is 0 Å². The topological polar surface area (TPSA) is 35.5 Å². The Labute approximate surface area is 83.4 Å². The quantitative estimate of drug-likeness (QED) is 0.730. The lowest BCUT2D eigenvalue weighted by molar-refractivity contribution is -0.275. The van der Waals surface area contributed by atoms with E-state index in [2.05, 4.69) is 9.47 Å². The van der Waals surface area contributed by atoms with Crippen LogP contribution in [0.1, 0.15) is 5.56 Å². The van der Waals surface area contributed by atoms with Gasteiger partial charge in [-0.3, -0.25) is 4.79 Å². The average molecular weight is 220 g/mol. The van der Waals surface area contributed by atoms with E-state index in [4.69, 9.17) is 0 Å². The normalized spacial score (nSPS) is 10.9. The van der Waals surface area contributed by atoms with Crippen molar-refractivity contribution in [2.75, 3.05) is 0 Å². The molecule has 1 aromatic carbocycles. The summed E-state index contributed by atoms with van der Waals surface area (Å²) in [5.41, 5.74) is 0.155. The van der Waals surface area contributed by atoms with Crippen molar-refractivity contribution in [3.63, 3.8) is 0 Å². The summed E-state index contributed by atoms with van der Waals surface area (Å²) in [6.07, 6.45) is -4.75. The molecule has 0 saturated heterocycles. The predicted molar refractivity (Wildman–Crippen MR) is 44.0 cm³/mol. The first-order valence-electron chi connectivity index (χ1n) is 3.92. The molecule has 15 heavy (non-hydrogen) atoms. The summed E-state index contributed by atoms with van der Waals surface area (Å²) in [6.45, 7) is -0.0971. The zero-order valence-electron chi connectivity index (χ0n) is 7.45. The second-order valence-electron chi connectivity index (χ2n) is 2.56. The van der Waals surface area contributed by atoms with Crippen LogP contribution in [0.5, 0.6) is 5.75 Å². The number of carbonyl (C=O) groups excluding carboxylic acids is 1. The number of hydrogen-bond donors (Lipinski definition) is 0. The molecular weight excluding hydrogens is 213 g/mol. The van der Waals surface area contributed by atoms with Gasteiger partial charge < -0.3 is 9.47 Å². The molecule has 0 fully saturated rings. The van der Waals surface area contributed by atoms with Gasteiger partial charge in [-0.15, -0.1) is 13.2 Å². The second kappa shape index (κ2) is 4.68. The summed E-state index contributed by atoms with van der Waals surface area (Å²) in [7, 11) is 0. The van der Waals surface area contributed by atoms with Gasteiger partial charge in [-0.2, -0.15) is 0 Å². The fourth-order valence-electron chi connectivity index (χ4n) is 0.971. The Kier molecular flexibility index (Phi) is 3.54. The average Bonchev–Trinajstić information content (AvgIpc) is 2.14. The summed E-state index contributed by atoms with van der Waals surface area (Å²) < 4.78 is 43.8. The third-order valence-electron chi connectivity index (χ3n) is 1.51. The zero-order valence-corrected chi connectivity index (χ0v) is 7.45. The van der Waals surface area contributed by atoms with Gasteiger partial charge in [0.2, 0.25) is 0 Å². The predicted octanol–water partition coefficient (Wildman–Crippen LogP) is 2.26. The highest BCUT2D eigenvalue weighted by Gasteiger charge is 2.31. The molecule has 0 aliphatic rings. The molecular formula is C9H7F3O3. The Bertz CT molecular complexity index is 336. The molecule has 1 rings (SSSR count). The SMILES string of the molecule is O=COCc1ccccc1OC(F)(F)F. The Morgan fingerprint density at radius 3 is 2.53 bits per heavy atom. The highest BCUT2D eigenvalue weighted by atomic mass is 19.4. The van der Waals surface area contributed by atoms with E-state index < -0.39 is 6.36 Å². The van der Waals surface area contributed by atoms with Gasteiger partial charge in [-0.1, -0.05) is 18.2 Å². The highest BCUT2D eigenvalue weighted by molar-refractivity contribution is 5.39. The molecule has 0 amide bonds. The fraction of sp³-hybridized carbons (Fsp3) is 0.222. The molecule has 0 atom stereocenters. The fourth-order valence-corrected chi connectivity index (χ4v) is 0.971. The van der Waals surface area contributed by atoms with E-state index in [1.54, 1.807) is 0 Å². The van der Waals surface area contributed by atoms with Gasteiger partial charge >= 0.3 is 6.36 Å². The van der Waals surface area contributed by atoms with E-state index in [-0.39, 0.29) is 24.4 Å². The van der Waals surface area contributed by atoms with E-state index in [1.165, 1.54) is 18.2 Å². The molecule has 0 aliphatic heterocycles. The van der Waals surface area contributed by atoms with Gasteiger partial charge in [0.1, 0.15) is 12.4 Å². The largest absolute Gasteiger partial charge is 0.573 e. The number of halogens is 3. The molecule has 3 nitrogen and oxygen atoms in total. The van der Waals surface area contributed by atoms with Gasteiger partial charge in [0, 0.05) is 5.56 Å². The number of alkyl halides is 3. The minimum atomic E-state index is -4.75. The third kappa shape index (κ3) is 3.88. The number of para-hydroxylation sites is 1. The molecule has 0 unspecified atom stereocenters. The monoisotopic (exact) mass is 220 g/mol. The van der Waals surface area contributed by atoms with E-state index >= 15 is 0 Å². The molecule has 0 aromatic heterocycles. The zero-order chi connectivity index (χ0) is 11.3. The molecule has 0 heterocycles. The first-order valence-corrected chi connectivity index (χ1v) is 3.92. The molecule has 0 aliphatic carbocycles. The van der Waals surface area contributed by atoms with Crippen molar-refractivity contribution in [3.05, 3.63) is 29.8 Å². The minimum Gasteiger partial charge on any atom is -0.463 e. The van der Waals surface area contributed by atoms with Crippen LogP contribution in [0.4, 0.5) is 13.2 Å². The lowest BCUT2D eigenvalue weighted by atomic mass is 10.2. The van der Waals surface area contributed by atoms with Gasteiger partial charge in [-0.05, 0) is 6.07 Å². The number of ether oxygens (including phenoxy) is 2. The molecule has 0 saturated carbocycles. The molecule has 1 aromatic rings. The van der Waals surface area contributed by atoms with Crippen LogP contribution in [-0.2, 0) is 16.1 Å². The van der Waals surface area contributed by atoms with E-state index in [9.17, 15) is 18.0 Å². The van der Waals surface area contributed by atoms with Crippen LogP contribution in [0.3, 0.4) is 0 Å². The first kappa shape index (κ1) is 11.4. The lowest BCUT2D eigenvalue weighted by Gasteiger charge is -2.12. The van der Waals surface area contributed by atoms with Crippen LogP contribution in [0, 0.1) is 0 Å². The molecule has 0 radical (unpaired) electrons. The van der Waals surface area contributed by atoms with Crippen LogP contribution in [-0.4, -0.2) is 12.8 Å². The van der Waals surface area contributed by atoms with Gasteiger partial charge in [-0.25, -0.2) is 0 Å². The summed E-state index contributed by atoms with van der Waals surface area (Å²) in [4.78, 5) is 9.89. The number of rotatable bonds is 4. The summed E-state index contributed by atoms with van der Waals surface area (Å²) in [5, 5.41) is 0.